The van der Waals surface area contributed by atoms with Crippen LogP contribution < -0.4 is 5.32 Å². The standard InChI is InChI=1S/C9H21N.C2H6/c1-8(2)9(3,4)6-7-10-5;1-2/h8,10H,6-7H2,1-5H3;1-2H3. The third kappa shape index (κ3) is 6.66. The van der Waals surface area contributed by atoms with Crippen LogP contribution in [0.1, 0.15) is 48.0 Å². The number of nitrogens with one attached hydrogen (secondary N) is 1. The molecule has 0 aromatic rings. The third-order valence-electron chi connectivity index (χ3n) is 2.58. The van der Waals surface area contributed by atoms with Crippen LogP contribution in [-0.4, -0.2) is 13.6 Å². The van der Waals surface area contributed by atoms with Crippen molar-refractivity contribution in [2.75, 3.05) is 13.6 Å². The second kappa shape index (κ2) is 7.60. The molecule has 76 valence electrons. The van der Waals surface area contributed by atoms with Gasteiger partial charge in [0.15, 0.2) is 0 Å². The maximum atomic E-state index is 3.18. The topological polar surface area (TPSA) is 12.0 Å². The normalized spacial score (nSPS) is 11.0. The Morgan fingerprint density at radius 2 is 1.58 bits per heavy atom. The Morgan fingerprint density at radius 3 is 1.83 bits per heavy atom. The summed E-state index contributed by atoms with van der Waals surface area (Å²) < 4.78 is 0. The fourth-order valence-electron chi connectivity index (χ4n) is 0.736. The van der Waals surface area contributed by atoms with Crippen molar-refractivity contribution in [3.05, 3.63) is 0 Å². The lowest BCUT2D eigenvalue weighted by atomic mass is 9.78. The SMILES string of the molecule is CC.CNCCC(C)(C)C(C)C. The van der Waals surface area contributed by atoms with E-state index in [1.165, 1.54) is 6.42 Å². The lowest BCUT2D eigenvalue weighted by Crippen LogP contribution is -2.24. The smallest absolute Gasteiger partial charge is 0.00467 e. The summed E-state index contributed by atoms with van der Waals surface area (Å²) in [6, 6.07) is 0. The van der Waals surface area contributed by atoms with E-state index < -0.39 is 0 Å². The second-order valence-electron chi connectivity index (χ2n) is 4.00. The molecular formula is C11H27N. The van der Waals surface area contributed by atoms with Gasteiger partial charge in [0.2, 0.25) is 0 Å². The van der Waals surface area contributed by atoms with Gasteiger partial charge in [-0.15, -0.1) is 0 Å². The summed E-state index contributed by atoms with van der Waals surface area (Å²) in [6.07, 6.45) is 1.27. The van der Waals surface area contributed by atoms with Gasteiger partial charge in [-0.05, 0) is 31.3 Å². The Labute approximate surface area is 78.9 Å². The highest BCUT2D eigenvalue weighted by Gasteiger charge is 2.20. The van der Waals surface area contributed by atoms with E-state index >= 15 is 0 Å². The Balaban J connectivity index is 0. The Hall–Kier alpha value is -0.0400. The fraction of sp³-hybridized carbons (Fsp3) is 1.00. The molecule has 1 N–H and O–H groups in total. The third-order valence-corrected chi connectivity index (χ3v) is 2.58. The first kappa shape index (κ1) is 14.5. The number of rotatable bonds is 4. The van der Waals surface area contributed by atoms with Crippen LogP contribution in [0.2, 0.25) is 0 Å². The molecule has 0 unspecified atom stereocenters. The first-order valence-electron chi connectivity index (χ1n) is 5.15. The summed E-state index contributed by atoms with van der Waals surface area (Å²) in [4.78, 5) is 0. The molecule has 0 saturated heterocycles. The van der Waals surface area contributed by atoms with Crippen molar-refractivity contribution >= 4 is 0 Å². The predicted octanol–water partition coefficient (Wildman–Crippen LogP) is 3.30. The van der Waals surface area contributed by atoms with Crippen molar-refractivity contribution in [1.29, 1.82) is 0 Å². The molecule has 0 radical (unpaired) electrons. The van der Waals surface area contributed by atoms with Gasteiger partial charge in [0.1, 0.15) is 0 Å². The summed E-state index contributed by atoms with van der Waals surface area (Å²) >= 11 is 0. The summed E-state index contributed by atoms with van der Waals surface area (Å²) in [6.45, 7) is 14.4. The van der Waals surface area contributed by atoms with Gasteiger partial charge in [-0.1, -0.05) is 41.5 Å². The summed E-state index contributed by atoms with van der Waals surface area (Å²) in [5.41, 5.74) is 0.489. The molecule has 0 aromatic heterocycles. The highest BCUT2D eigenvalue weighted by atomic mass is 14.8. The van der Waals surface area contributed by atoms with Gasteiger partial charge in [-0.3, -0.25) is 0 Å². The van der Waals surface area contributed by atoms with E-state index in [2.05, 4.69) is 33.0 Å². The monoisotopic (exact) mass is 173 g/mol. The van der Waals surface area contributed by atoms with Crippen molar-refractivity contribution in [2.45, 2.75) is 48.0 Å². The Bertz CT molecular complexity index is 85.0. The lowest BCUT2D eigenvalue weighted by molar-refractivity contribution is 0.228. The zero-order chi connectivity index (χ0) is 10.2. The van der Waals surface area contributed by atoms with E-state index in [-0.39, 0.29) is 0 Å². The molecule has 0 amide bonds. The number of hydrogen-bond acceptors (Lipinski definition) is 1. The van der Waals surface area contributed by atoms with Crippen LogP contribution in [0.15, 0.2) is 0 Å². The quantitative estimate of drug-likeness (QED) is 0.688. The Morgan fingerprint density at radius 1 is 1.17 bits per heavy atom. The highest BCUT2D eigenvalue weighted by molar-refractivity contribution is 4.72. The molecule has 0 atom stereocenters. The van der Waals surface area contributed by atoms with E-state index in [1.807, 2.05) is 20.9 Å². The van der Waals surface area contributed by atoms with E-state index in [9.17, 15) is 0 Å². The predicted molar refractivity (Wildman–Crippen MR) is 58.5 cm³/mol. The van der Waals surface area contributed by atoms with Crippen LogP contribution in [0.4, 0.5) is 0 Å². The molecule has 0 heterocycles. The molecule has 0 saturated carbocycles. The largest absolute Gasteiger partial charge is 0.320 e. The van der Waals surface area contributed by atoms with Crippen LogP contribution in [0.3, 0.4) is 0 Å². The van der Waals surface area contributed by atoms with E-state index in [4.69, 9.17) is 0 Å². The van der Waals surface area contributed by atoms with Crippen molar-refractivity contribution in [2.24, 2.45) is 11.3 Å². The van der Waals surface area contributed by atoms with Gasteiger partial charge in [-0.2, -0.15) is 0 Å². The van der Waals surface area contributed by atoms with E-state index in [1.54, 1.807) is 0 Å². The summed E-state index contributed by atoms with van der Waals surface area (Å²) in [7, 11) is 2.01. The van der Waals surface area contributed by atoms with Crippen LogP contribution >= 0.6 is 0 Å². The summed E-state index contributed by atoms with van der Waals surface area (Å²) in [5, 5.41) is 3.18. The van der Waals surface area contributed by atoms with Crippen LogP contribution in [0.5, 0.6) is 0 Å². The zero-order valence-electron chi connectivity index (χ0n) is 9.99. The van der Waals surface area contributed by atoms with Crippen LogP contribution in [0.25, 0.3) is 0 Å². The average Bonchev–Trinajstić information content (AvgIpc) is 2.04. The molecule has 0 spiro atoms. The van der Waals surface area contributed by atoms with Crippen LogP contribution in [0, 0.1) is 11.3 Å². The van der Waals surface area contributed by atoms with Crippen molar-refractivity contribution in [3.8, 4) is 0 Å². The summed E-state index contributed by atoms with van der Waals surface area (Å²) in [5.74, 6) is 0.779. The molecule has 0 rings (SSSR count). The first-order chi connectivity index (χ1) is 5.50. The van der Waals surface area contributed by atoms with Gasteiger partial charge in [0.05, 0.1) is 0 Å². The van der Waals surface area contributed by atoms with Gasteiger partial charge < -0.3 is 5.32 Å². The van der Waals surface area contributed by atoms with Crippen molar-refractivity contribution in [1.82, 2.24) is 5.32 Å². The van der Waals surface area contributed by atoms with Gasteiger partial charge in [0, 0.05) is 0 Å². The fourth-order valence-corrected chi connectivity index (χ4v) is 0.736. The molecule has 0 bridgehead atoms. The molecular weight excluding hydrogens is 146 g/mol. The van der Waals surface area contributed by atoms with Crippen molar-refractivity contribution < 1.29 is 0 Å². The lowest BCUT2D eigenvalue weighted by Gasteiger charge is -2.28. The van der Waals surface area contributed by atoms with Gasteiger partial charge in [0.25, 0.3) is 0 Å². The van der Waals surface area contributed by atoms with Crippen molar-refractivity contribution in [3.63, 3.8) is 0 Å². The van der Waals surface area contributed by atoms with Crippen LogP contribution in [-0.2, 0) is 0 Å². The minimum Gasteiger partial charge on any atom is -0.320 e. The number of hydrogen-bond donors (Lipinski definition) is 1. The average molecular weight is 173 g/mol. The second-order valence-corrected chi connectivity index (χ2v) is 4.00. The van der Waals surface area contributed by atoms with E-state index in [0.29, 0.717) is 5.41 Å². The minimum atomic E-state index is 0.489. The zero-order valence-corrected chi connectivity index (χ0v) is 9.99. The maximum absolute atomic E-state index is 3.18. The highest BCUT2D eigenvalue weighted by Crippen LogP contribution is 2.29. The van der Waals surface area contributed by atoms with E-state index in [0.717, 1.165) is 12.5 Å². The van der Waals surface area contributed by atoms with Gasteiger partial charge in [-0.25, -0.2) is 0 Å². The minimum absolute atomic E-state index is 0.489. The molecule has 1 heteroatoms. The molecule has 0 aromatic carbocycles. The molecule has 0 aliphatic heterocycles. The Kier molecular flexibility index (Phi) is 9.17. The molecule has 12 heavy (non-hydrogen) atoms. The maximum Gasteiger partial charge on any atom is -0.00467 e. The molecule has 0 aliphatic rings. The van der Waals surface area contributed by atoms with Gasteiger partial charge >= 0.3 is 0 Å². The first-order valence-corrected chi connectivity index (χ1v) is 5.15. The molecule has 0 aliphatic carbocycles. The molecule has 0 fully saturated rings. The molecule has 1 nitrogen and oxygen atoms in total.